The Balaban J connectivity index is 1.65. The van der Waals surface area contributed by atoms with Gasteiger partial charge in [-0.15, -0.1) is 0 Å². The van der Waals surface area contributed by atoms with Crippen LogP contribution in [0.3, 0.4) is 0 Å². The molecule has 1 N–H and O–H groups in total. The Morgan fingerprint density at radius 2 is 1.63 bits per heavy atom. The molecule has 2 atom stereocenters. The van der Waals surface area contributed by atoms with E-state index in [1.807, 2.05) is 0 Å². The molecular weight excluding hydrogens is 330 g/mol. The Hall–Kier alpha value is -3.07. The maximum atomic E-state index is 4.89. The third kappa shape index (κ3) is 2.80. The number of imidazole rings is 1. The van der Waals surface area contributed by atoms with Crippen molar-refractivity contribution >= 4 is 17.0 Å². The van der Waals surface area contributed by atoms with Gasteiger partial charge in [0.05, 0.1) is 23.1 Å². The van der Waals surface area contributed by atoms with Crippen LogP contribution in [-0.4, -0.2) is 9.55 Å². The van der Waals surface area contributed by atoms with Crippen LogP contribution in [0.5, 0.6) is 0 Å². The molecule has 0 saturated carbocycles. The molecular formula is C24H23N3. The molecule has 1 aliphatic heterocycles. The molecule has 0 radical (unpaired) electrons. The van der Waals surface area contributed by atoms with Gasteiger partial charge in [-0.1, -0.05) is 73.7 Å². The number of hydrogen-bond donors (Lipinski definition) is 1. The average molecular weight is 353 g/mol. The van der Waals surface area contributed by atoms with Crippen molar-refractivity contribution in [2.45, 2.75) is 31.8 Å². The predicted octanol–water partition coefficient (Wildman–Crippen LogP) is 5.75. The summed E-state index contributed by atoms with van der Waals surface area (Å²) in [5, 5.41) is 3.68. The molecule has 27 heavy (non-hydrogen) atoms. The van der Waals surface area contributed by atoms with Gasteiger partial charge in [0.1, 0.15) is 0 Å². The van der Waals surface area contributed by atoms with Gasteiger partial charge in [0.25, 0.3) is 0 Å². The Labute approximate surface area is 159 Å². The number of rotatable bonds is 3. The van der Waals surface area contributed by atoms with Crippen LogP contribution in [0.15, 0.2) is 78.9 Å². The summed E-state index contributed by atoms with van der Waals surface area (Å²) in [6.07, 6.45) is 2.07. The fraction of sp³-hybridized carbons (Fsp3) is 0.208. The van der Waals surface area contributed by atoms with Gasteiger partial charge in [0.15, 0.2) is 0 Å². The lowest BCUT2D eigenvalue weighted by Crippen LogP contribution is -2.27. The monoisotopic (exact) mass is 353 g/mol. The number of para-hydroxylation sites is 2. The molecule has 0 amide bonds. The predicted molar refractivity (Wildman–Crippen MR) is 111 cm³/mol. The van der Waals surface area contributed by atoms with Gasteiger partial charge in [-0.05, 0) is 41.7 Å². The summed E-state index contributed by atoms with van der Waals surface area (Å²) in [6.45, 7) is 2.20. The quantitative estimate of drug-likeness (QED) is 0.508. The van der Waals surface area contributed by atoms with Crippen molar-refractivity contribution in [3.8, 4) is 0 Å². The van der Waals surface area contributed by atoms with Gasteiger partial charge in [-0.25, -0.2) is 4.98 Å². The van der Waals surface area contributed by atoms with E-state index in [0.717, 1.165) is 24.3 Å². The molecule has 0 fully saturated rings. The Bertz CT molecular complexity index is 1060. The molecule has 134 valence electrons. The van der Waals surface area contributed by atoms with E-state index in [4.69, 9.17) is 4.98 Å². The summed E-state index contributed by atoms with van der Waals surface area (Å²) >= 11 is 0. The highest BCUT2D eigenvalue weighted by Crippen LogP contribution is 2.41. The van der Waals surface area contributed by atoms with Gasteiger partial charge >= 0.3 is 0 Å². The first-order chi connectivity index (χ1) is 13.3. The first-order valence-electron chi connectivity index (χ1n) is 9.71. The topological polar surface area (TPSA) is 29.9 Å². The molecule has 0 aliphatic carbocycles. The zero-order valence-corrected chi connectivity index (χ0v) is 15.5. The molecule has 4 aromatic rings. The summed E-state index contributed by atoms with van der Waals surface area (Å²) in [6, 6.07) is 28.7. The molecule has 0 spiro atoms. The molecule has 1 aromatic heterocycles. The van der Waals surface area contributed by atoms with E-state index in [2.05, 4.69) is 95.7 Å². The van der Waals surface area contributed by atoms with E-state index in [0.29, 0.717) is 0 Å². The summed E-state index contributed by atoms with van der Waals surface area (Å²) in [5.74, 6) is 0.959. The molecule has 3 aromatic carbocycles. The lowest BCUT2D eigenvalue weighted by atomic mass is 9.92. The number of benzene rings is 3. The van der Waals surface area contributed by atoms with Crippen molar-refractivity contribution in [2.24, 2.45) is 0 Å². The largest absolute Gasteiger partial charge is 0.349 e. The minimum Gasteiger partial charge on any atom is -0.349 e. The lowest BCUT2D eigenvalue weighted by Gasteiger charge is -2.33. The van der Waals surface area contributed by atoms with E-state index >= 15 is 0 Å². The fourth-order valence-electron chi connectivity index (χ4n) is 4.17. The third-order valence-electron chi connectivity index (χ3n) is 5.64. The first kappa shape index (κ1) is 16.1. The number of anilines is 1. The highest BCUT2D eigenvalue weighted by Gasteiger charge is 2.30. The van der Waals surface area contributed by atoms with E-state index in [1.54, 1.807) is 0 Å². The molecule has 2 heterocycles. The number of fused-ring (bicyclic) bond motifs is 3. The van der Waals surface area contributed by atoms with Crippen molar-refractivity contribution in [3.63, 3.8) is 0 Å². The normalized spacial score (nSPS) is 18.9. The van der Waals surface area contributed by atoms with Crippen LogP contribution < -0.4 is 5.32 Å². The van der Waals surface area contributed by atoms with Crippen molar-refractivity contribution in [1.29, 1.82) is 0 Å². The third-order valence-corrected chi connectivity index (χ3v) is 5.64. The van der Waals surface area contributed by atoms with Crippen molar-refractivity contribution in [2.75, 3.05) is 5.32 Å². The summed E-state index contributed by atoms with van der Waals surface area (Å²) in [7, 11) is 0. The second kappa shape index (κ2) is 6.58. The summed E-state index contributed by atoms with van der Waals surface area (Å²) in [5.41, 5.74) is 6.27. The molecule has 0 bridgehead atoms. The van der Waals surface area contributed by atoms with Crippen molar-refractivity contribution in [1.82, 2.24) is 9.55 Å². The highest BCUT2D eigenvalue weighted by atomic mass is 15.3. The molecule has 3 nitrogen and oxygen atoms in total. The first-order valence-corrected chi connectivity index (χ1v) is 9.71. The van der Waals surface area contributed by atoms with Crippen LogP contribution in [0.1, 0.15) is 42.1 Å². The summed E-state index contributed by atoms with van der Waals surface area (Å²) < 4.78 is 2.37. The van der Waals surface area contributed by atoms with Crippen LogP contribution in [0.2, 0.25) is 0 Å². The number of aryl methyl sites for hydroxylation is 1. The number of nitrogens with one attached hydrogen (secondary N) is 1. The van der Waals surface area contributed by atoms with Crippen LogP contribution in [-0.2, 0) is 6.42 Å². The Kier molecular flexibility index (Phi) is 3.93. The van der Waals surface area contributed by atoms with E-state index in [-0.39, 0.29) is 12.1 Å². The van der Waals surface area contributed by atoms with Crippen molar-refractivity contribution in [3.05, 3.63) is 95.6 Å². The van der Waals surface area contributed by atoms with Crippen LogP contribution in [0, 0.1) is 0 Å². The fourth-order valence-corrected chi connectivity index (χ4v) is 4.17. The number of nitrogens with zero attached hydrogens (tertiary/aromatic N) is 2. The zero-order chi connectivity index (χ0) is 18.2. The second-order valence-corrected chi connectivity index (χ2v) is 7.25. The second-order valence-electron chi connectivity index (χ2n) is 7.25. The Morgan fingerprint density at radius 3 is 2.41 bits per heavy atom. The lowest BCUT2D eigenvalue weighted by molar-refractivity contribution is 0.477. The summed E-state index contributed by atoms with van der Waals surface area (Å²) in [4.78, 5) is 4.89. The SMILES string of the molecule is CCc1ccc(C2CC(c3ccccc3)Nc3nc4ccccc4n32)cc1. The zero-order valence-electron chi connectivity index (χ0n) is 15.5. The molecule has 0 saturated heterocycles. The van der Waals surface area contributed by atoms with Crippen LogP contribution >= 0.6 is 0 Å². The van der Waals surface area contributed by atoms with Crippen LogP contribution in [0.4, 0.5) is 5.95 Å². The van der Waals surface area contributed by atoms with E-state index in [9.17, 15) is 0 Å². The van der Waals surface area contributed by atoms with Gasteiger partial charge in [0.2, 0.25) is 5.95 Å². The van der Waals surface area contributed by atoms with Crippen LogP contribution in [0.25, 0.3) is 11.0 Å². The smallest absolute Gasteiger partial charge is 0.204 e. The number of hydrogen-bond acceptors (Lipinski definition) is 2. The van der Waals surface area contributed by atoms with Gasteiger partial charge in [-0.2, -0.15) is 0 Å². The van der Waals surface area contributed by atoms with Gasteiger partial charge in [0, 0.05) is 0 Å². The highest BCUT2D eigenvalue weighted by molar-refractivity contribution is 5.79. The minimum absolute atomic E-state index is 0.256. The standard InChI is InChI=1S/C24H23N3/c1-2-17-12-14-19(15-13-17)23-16-21(18-8-4-3-5-9-18)26-24-25-20-10-6-7-11-22(20)27(23)24/h3-15,21,23H,2,16H2,1H3,(H,25,26). The average Bonchev–Trinajstić information content (AvgIpc) is 3.12. The minimum atomic E-state index is 0.256. The Morgan fingerprint density at radius 1 is 0.889 bits per heavy atom. The molecule has 5 rings (SSSR count). The van der Waals surface area contributed by atoms with Gasteiger partial charge in [-0.3, -0.25) is 0 Å². The number of aromatic nitrogens is 2. The molecule has 2 unspecified atom stereocenters. The van der Waals surface area contributed by atoms with E-state index in [1.165, 1.54) is 22.2 Å². The van der Waals surface area contributed by atoms with E-state index < -0.39 is 0 Å². The van der Waals surface area contributed by atoms with Crippen molar-refractivity contribution < 1.29 is 0 Å². The maximum Gasteiger partial charge on any atom is 0.204 e. The maximum absolute atomic E-state index is 4.89. The van der Waals surface area contributed by atoms with Gasteiger partial charge < -0.3 is 9.88 Å². The molecule has 3 heteroatoms. The molecule has 1 aliphatic rings.